The Hall–Kier alpha value is -1.07. The van der Waals surface area contributed by atoms with Crippen LogP contribution >= 0.6 is 0 Å². The van der Waals surface area contributed by atoms with Crippen LogP contribution in [0.2, 0.25) is 0 Å². The lowest BCUT2D eigenvalue weighted by atomic mass is 9.96. The molecule has 1 aromatic rings. The van der Waals surface area contributed by atoms with E-state index >= 15 is 0 Å². The largest absolute Gasteiger partial charge is 0.497 e. The van der Waals surface area contributed by atoms with Gasteiger partial charge in [-0.3, -0.25) is 0 Å². The highest BCUT2D eigenvalue weighted by Crippen LogP contribution is 2.28. The summed E-state index contributed by atoms with van der Waals surface area (Å²) in [6, 6.07) is 6.75. The number of sulfone groups is 1. The highest BCUT2D eigenvalue weighted by atomic mass is 32.2. The van der Waals surface area contributed by atoms with Crippen molar-refractivity contribution in [2.75, 3.05) is 7.11 Å². The van der Waals surface area contributed by atoms with E-state index in [-0.39, 0.29) is 11.3 Å². The molecule has 2 rings (SSSR count). The summed E-state index contributed by atoms with van der Waals surface area (Å²) in [6.07, 6.45) is 2.91. The van der Waals surface area contributed by atoms with Crippen LogP contribution in [0.25, 0.3) is 0 Å². The molecule has 0 aromatic heterocycles. The molecule has 0 amide bonds. The highest BCUT2D eigenvalue weighted by molar-refractivity contribution is 7.92. The standard InChI is InChI=1S/C13H19NO3S/c1-17-11-4-8-13(9-5-11)18(15,16)12-6-2-10(14)3-7-12/h4-5,8-10,12H,2-3,6-7,14H2,1H3. The fourth-order valence-electron chi connectivity index (χ4n) is 2.36. The molecule has 0 unspecified atom stereocenters. The van der Waals surface area contributed by atoms with Crippen LogP contribution in [-0.4, -0.2) is 26.8 Å². The van der Waals surface area contributed by atoms with Crippen molar-refractivity contribution < 1.29 is 13.2 Å². The predicted octanol–water partition coefficient (Wildman–Crippen LogP) is 1.74. The molecule has 1 aromatic carbocycles. The summed E-state index contributed by atoms with van der Waals surface area (Å²) in [5.41, 5.74) is 5.81. The summed E-state index contributed by atoms with van der Waals surface area (Å²) in [7, 11) is -1.66. The Kier molecular flexibility index (Phi) is 3.92. The maximum atomic E-state index is 12.4. The summed E-state index contributed by atoms with van der Waals surface area (Å²) in [6.45, 7) is 0. The quantitative estimate of drug-likeness (QED) is 0.907. The molecule has 0 bridgehead atoms. The number of hydrogen-bond acceptors (Lipinski definition) is 4. The van der Waals surface area contributed by atoms with Crippen LogP contribution in [0, 0.1) is 0 Å². The van der Waals surface area contributed by atoms with Gasteiger partial charge in [-0.1, -0.05) is 0 Å². The zero-order valence-electron chi connectivity index (χ0n) is 10.5. The summed E-state index contributed by atoms with van der Waals surface area (Å²) >= 11 is 0. The van der Waals surface area contributed by atoms with E-state index in [9.17, 15) is 8.42 Å². The number of benzene rings is 1. The number of nitrogens with two attached hydrogens (primary N) is 1. The third kappa shape index (κ3) is 2.67. The lowest BCUT2D eigenvalue weighted by Gasteiger charge is -2.25. The van der Waals surface area contributed by atoms with Gasteiger partial charge in [-0.2, -0.15) is 0 Å². The van der Waals surface area contributed by atoms with Crippen LogP contribution in [0.15, 0.2) is 29.2 Å². The fourth-order valence-corrected chi connectivity index (χ4v) is 4.15. The van der Waals surface area contributed by atoms with Crippen molar-refractivity contribution in [1.82, 2.24) is 0 Å². The van der Waals surface area contributed by atoms with Crippen molar-refractivity contribution in [3.8, 4) is 5.75 Å². The van der Waals surface area contributed by atoms with Gasteiger partial charge in [-0.25, -0.2) is 8.42 Å². The van der Waals surface area contributed by atoms with Crippen molar-refractivity contribution >= 4 is 9.84 Å². The number of methoxy groups -OCH3 is 1. The molecule has 5 heteroatoms. The van der Waals surface area contributed by atoms with Gasteiger partial charge in [0.1, 0.15) is 5.75 Å². The Morgan fingerprint density at radius 1 is 1.11 bits per heavy atom. The third-order valence-corrected chi connectivity index (χ3v) is 5.82. The van der Waals surface area contributed by atoms with E-state index in [1.807, 2.05) is 0 Å². The van der Waals surface area contributed by atoms with Crippen molar-refractivity contribution in [3.63, 3.8) is 0 Å². The van der Waals surface area contributed by atoms with Gasteiger partial charge in [0, 0.05) is 6.04 Å². The van der Waals surface area contributed by atoms with Gasteiger partial charge in [0.15, 0.2) is 9.84 Å². The second-order valence-electron chi connectivity index (χ2n) is 4.76. The number of rotatable bonds is 3. The zero-order valence-corrected chi connectivity index (χ0v) is 11.3. The summed E-state index contributed by atoms with van der Waals surface area (Å²) in [4.78, 5) is 0.378. The van der Waals surface area contributed by atoms with E-state index in [0.29, 0.717) is 23.5 Å². The SMILES string of the molecule is COc1ccc(S(=O)(=O)C2CCC(N)CC2)cc1. The van der Waals surface area contributed by atoms with Gasteiger partial charge in [0.2, 0.25) is 0 Å². The second kappa shape index (κ2) is 5.28. The maximum Gasteiger partial charge on any atom is 0.181 e. The normalized spacial score (nSPS) is 24.8. The molecule has 0 spiro atoms. The average molecular weight is 269 g/mol. The molecule has 0 saturated heterocycles. The van der Waals surface area contributed by atoms with Gasteiger partial charge in [-0.15, -0.1) is 0 Å². The molecular weight excluding hydrogens is 250 g/mol. The average Bonchev–Trinajstić information content (AvgIpc) is 2.39. The van der Waals surface area contributed by atoms with Crippen LogP contribution in [0.1, 0.15) is 25.7 Å². The van der Waals surface area contributed by atoms with Crippen LogP contribution in [0.5, 0.6) is 5.75 Å². The van der Waals surface area contributed by atoms with E-state index < -0.39 is 9.84 Å². The number of hydrogen-bond donors (Lipinski definition) is 1. The van der Waals surface area contributed by atoms with Crippen molar-refractivity contribution in [1.29, 1.82) is 0 Å². The second-order valence-corrected chi connectivity index (χ2v) is 6.99. The smallest absolute Gasteiger partial charge is 0.181 e. The molecule has 0 heterocycles. The molecular formula is C13H19NO3S. The highest BCUT2D eigenvalue weighted by Gasteiger charge is 2.30. The van der Waals surface area contributed by atoms with Crippen LogP contribution in [-0.2, 0) is 9.84 Å². The van der Waals surface area contributed by atoms with E-state index in [4.69, 9.17) is 10.5 Å². The summed E-state index contributed by atoms with van der Waals surface area (Å²) in [5.74, 6) is 0.666. The first-order valence-corrected chi connectivity index (χ1v) is 7.72. The minimum Gasteiger partial charge on any atom is -0.497 e. The van der Waals surface area contributed by atoms with E-state index in [2.05, 4.69) is 0 Å². The minimum absolute atomic E-state index is 0.160. The molecule has 2 N–H and O–H groups in total. The molecule has 0 atom stereocenters. The number of ether oxygens (including phenoxy) is 1. The zero-order chi connectivity index (χ0) is 13.2. The van der Waals surface area contributed by atoms with Crippen LogP contribution in [0.3, 0.4) is 0 Å². The monoisotopic (exact) mass is 269 g/mol. The summed E-state index contributed by atoms with van der Waals surface area (Å²) in [5, 5.41) is -0.286. The van der Waals surface area contributed by atoms with Gasteiger partial charge in [0.05, 0.1) is 17.3 Å². The molecule has 4 nitrogen and oxygen atoms in total. The predicted molar refractivity (Wildman–Crippen MR) is 70.4 cm³/mol. The van der Waals surface area contributed by atoms with Gasteiger partial charge in [-0.05, 0) is 49.9 Å². The fraction of sp³-hybridized carbons (Fsp3) is 0.538. The third-order valence-electron chi connectivity index (χ3n) is 3.55. The lowest BCUT2D eigenvalue weighted by molar-refractivity contribution is 0.414. The van der Waals surface area contributed by atoms with Crippen molar-refractivity contribution in [2.24, 2.45) is 5.73 Å². The van der Waals surface area contributed by atoms with E-state index in [1.54, 1.807) is 31.4 Å². The van der Waals surface area contributed by atoms with E-state index in [1.165, 1.54) is 0 Å². The molecule has 0 aliphatic heterocycles. The first-order chi connectivity index (χ1) is 8.54. The van der Waals surface area contributed by atoms with Crippen LogP contribution < -0.4 is 10.5 Å². The van der Waals surface area contributed by atoms with Crippen LogP contribution in [0.4, 0.5) is 0 Å². The topological polar surface area (TPSA) is 69.4 Å². The van der Waals surface area contributed by atoms with Crippen molar-refractivity contribution in [3.05, 3.63) is 24.3 Å². The molecule has 1 aliphatic rings. The van der Waals surface area contributed by atoms with E-state index in [0.717, 1.165) is 12.8 Å². The molecule has 0 radical (unpaired) electrons. The molecule has 1 saturated carbocycles. The Balaban J connectivity index is 2.19. The van der Waals surface area contributed by atoms with Gasteiger partial charge in [0.25, 0.3) is 0 Å². The molecule has 18 heavy (non-hydrogen) atoms. The Morgan fingerprint density at radius 3 is 2.17 bits per heavy atom. The molecule has 1 aliphatic carbocycles. The Morgan fingerprint density at radius 2 is 1.67 bits per heavy atom. The van der Waals surface area contributed by atoms with Gasteiger partial charge >= 0.3 is 0 Å². The Labute approximate surface area is 108 Å². The molecule has 1 fully saturated rings. The van der Waals surface area contributed by atoms with Gasteiger partial charge < -0.3 is 10.5 Å². The maximum absolute atomic E-state index is 12.4. The minimum atomic E-state index is -3.22. The summed E-state index contributed by atoms with van der Waals surface area (Å²) < 4.78 is 29.9. The lowest BCUT2D eigenvalue weighted by Crippen LogP contribution is -2.33. The molecule has 100 valence electrons. The first-order valence-electron chi connectivity index (χ1n) is 6.17. The first kappa shape index (κ1) is 13.4. The van der Waals surface area contributed by atoms with Crippen molar-refractivity contribution in [2.45, 2.75) is 41.9 Å². The Bertz CT molecular complexity index is 487.